The van der Waals surface area contributed by atoms with Crippen molar-refractivity contribution in [3.8, 4) is 11.5 Å². The van der Waals surface area contributed by atoms with E-state index in [4.69, 9.17) is 21.7 Å². The van der Waals surface area contributed by atoms with Gasteiger partial charge in [-0.05, 0) is 24.3 Å². The molecular formula is C21H18N2O3S2. The summed E-state index contributed by atoms with van der Waals surface area (Å²) in [6.07, 6.45) is 3.92. The summed E-state index contributed by atoms with van der Waals surface area (Å²) in [4.78, 5) is 15.2. The Kier molecular flexibility index (Phi) is 4.87. The van der Waals surface area contributed by atoms with Gasteiger partial charge in [0.05, 0.1) is 24.8 Å². The predicted octanol–water partition coefficient (Wildman–Crippen LogP) is 4.60. The van der Waals surface area contributed by atoms with Gasteiger partial charge in [0.1, 0.15) is 11.5 Å². The molecule has 0 atom stereocenters. The smallest absolute Gasteiger partial charge is 0.270 e. The molecule has 2 heterocycles. The van der Waals surface area contributed by atoms with Crippen LogP contribution in [0.15, 0.2) is 53.6 Å². The number of carbonyl (C=O) groups excluding carboxylic acids is 1. The number of methoxy groups -OCH3 is 2. The Bertz CT molecular complexity index is 1130. The zero-order valence-electron chi connectivity index (χ0n) is 15.6. The van der Waals surface area contributed by atoms with Crippen LogP contribution in [0.2, 0.25) is 0 Å². The molecule has 1 fully saturated rings. The van der Waals surface area contributed by atoms with Gasteiger partial charge in [0.2, 0.25) is 0 Å². The van der Waals surface area contributed by atoms with E-state index in [2.05, 4.69) is 16.7 Å². The number of aryl methyl sites for hydroxylation is 1. The van der Waals surface area contributed by atoms with Gasteiger partial charge in [0.15, 0.2) is 4.32 Å². The standard InChI is InChI=1S/C21H18N2O3S2/c1-22-12-13(15-6-4-5-7-16(15)22)10-19-20(24)23(21(27)28-19)17-9-8-14(25-2)11-18(17)26-3/h4-12H,1-3H3/b19-10-. The van der Waals surface area contributed by atoms with Crippen LogP contribution in [-0.4, -0.2) is 29.0 Å². The number of hydrogen-bond acceptors (Lipinski definition) is 5. The minimum absolute atomic E-state index is 0.161. The van der Waals surface area contributed by atoms with Gasteiger partial charge in [0, 0.05) is 35.8 Å². The average Bonchev–Trinajstić information content (AvgIpc) is 3.17. The van der Waals surface area contributed by atoms with Crippen molar-refractivity contribution in [2.75, 3.05) is 19.1 Å². The van der Waals surface area contributed by atoms with E-state index in [9.17, 15) is 4.79 Å². The van der Waals surface area contributed by atoms with Crippen molar-refractivity contribution in [1.29, 1.82) is 0 Å². The summed E-state index contributed by atoms with van der Waals surface area (Å²) in [5.74, 6) is 1.02. The fraction of sp³-hybridized carbons (Fsp3) is 0.143. The van der Waals surface area contributed by atoms with E-state index in [1.54, 1.807) is 32.4 Å². The molecule has 28 heavy (non-hydrogen) atoms. The average molecular weight is 411 g/mol. The topological polar surface area (TPSA) is 43.7 Å². The summed E-state index contributed by atoms with van der Waals surface area (Å²) in [5, 5.41) is 1.09. The van der Waals surface area contributed by atoms with Gasteiger partial charge in [-0.1, -0.05) is 42.2 Å². The molecule has 1 saturated heterocycles. The molecule has 142 valence electrons. The molecule has 5 nitrogen and oxygen atoms in total. The second kappa shape index (κ2) is 7.33. The highest BCUT2D eigenvalue weighted by Crippen LogP contribution is 2.41. The van der Waals surface area contributed by atoms with Gasteiger partial charge >= 0.3 is 0 Å². The zero-order valence-corrected chi connectivity index (χ0v) is 17.3. The van der Waals surface area contributed by atoms with Crippen LogP contribution in [0.3, 0.4) is 0 Å². The number of anilines is 1. The highest BCUT2D eigenvalue weighted by Gasteiger charge is 2.35. The largest absolute Gasteiger partial charge is 0.497 e. The number of carbonyl (C=O) groups is 1. The summed E-state index contributed by atoms with van der Waals surface area (Å²) < 4.78 is 13.2. The Morgan fingerprint density at radius 3 is 2.64 bits per heavy atom. The van der Waals surface area contributed by atoms with Crippen molar-refractivity contribution < 1.29 is 14.3 Å². The SMILES string of the molecule is COc1ccc(N2C(=O)/C(=C/c3cn(C)c4ccccc34)SC2=S)c(OC)c1. The Labute approximate surface area is 172 Å². The second-order valence-corrected chi connectivity index (χ2v) is 7.94. The lowest BCUT2D eigenvalue weighted by molar-refractivity contribution is -0.113. The molecule has 0 bridgehead atoms. The Hall–Kier alpha value is -2.77. The van der Waals surface area contributed by atoms with E-state index >= 15 is 0 Å². The highest BCUT2D eigenvalue weighted by atomic mass is 32.2. The number of aromatic nitrogens is 1. The monoisotopic (exact) mass is 410 g/mol. The molecule has 4 rings (SSSR count). The molecule has 0 N–H and O–H groups in total. The number of rotatable bonds is 4. The van der Waals surface area contributed by atoms with Crippen LogP contribution >= 0.6 is 24.0 Å². The third-order valence-electron chi connectivity index (χ3n) is 4.64. The lowest BCUT2D eigenvalue weighted by atomic mass is 10.1. The molecule has 0 spiro atoms. The number of fused-ring (bicyclic) bond motifs is 1. The maximum absolute atomic E-state index is 13.1. The number of hydrogen-bond donors (Lipinski definition) is 0. The van der Waals surface area contributed by atoms with Gasteiger partial charge in [0.25, 0.3) is 5.91 Å². The molecule has 2 aromatic carbocycles. The van der Waals surface area contributed by atoms with E-state index in [0.717, 1.165) is 16.5 Å². The Balaban J connectivity index is 1.74. The van der Waals surface area contributed by atoms with Gasteiger partial charge < -0.3 is 14.0 Å². The van der Waals surface area contributed by atoms with E-state index in [0.29, 0.717) is 26.4 Å². The number of para-hydroxylation sites is 1. The van der Waals surface area contributed by atoms with E-state index in [-0.39, 0.29) is 5.91 Å². The zero-order chi connectivity index (χ0) is 19.8. The highest BCUT2D eigenvalue weighted by molar-refractivity contribution is 8.27. The molecule has 0 unspecified atom stereocenters. The first-order chi connectivity index (χ1) is 13.5. The van der Waals surface area contributed by atoms with Crippen LogP contribution < -0.4 is 14.4 Å². The van der Waals surface area contributed by atoms with Crippen LogP contribution in [0.1, 0.15) is 5.56 Å². The van der Waals surface area contributed by atoms with Crippen molar-refractivity contribution in [1.82, 2.24) is 4.57 Å². The van der Waals surface area contributed by atoms with E-state index < -0.39 is 0 Å². The van der Waals surface area contributed by atoms with Crippen LogP contribution in [-0.2, 0) is 11.8 Å². The van der Waals surface area contributed by atoms with Crippen molar-refractivity contribution >= 4 is 56.9 Å². The lowest BCUT2D eigenvalue weighted by Crippen LogP contribution is -2.27. The van der Waals surface area contributed by atoms with Crippen molar-refractivity contribution in [3.05, 3.63) is 59.1 Å². The fourth-order valence-corrected chi connectivity index (χ4v) is 4.55. The van der Waals surface area contributed by atoms with E-state index in [1.165, 1.54) is 16.7 Å². The van der Waals surface area contributed by atoms with Gasteiger partial charge in [-0.3, -0.25) is 9.69 Å². The molecule has 1 aliphatic heterocycles. The maximum Gasteiger partial charge on any atom is 0.270 e. The van der Waals surface area contributed by atoms with Crippen LogP contribution in [0.5, 0.6) is 11.5 Å². The second-order valence-electron chi connectivity index (χ2n) is 6.27. The van der Waals surface area contributed by atoms with Crippen molar-refractivity contribution in [2.45, 2.75) is 0 Å². The van der Waals surface area contributed by atoms with Crippen molar-refractivity contribution in [2.24, 2.45) is 7.05 Å². The minimum Gasteiger partial charge on any atom is -0.497 e. The maximum atomic E-state index is 13.1. The summed E-state index contributed by atoms with van der Waals surface area (Å²) in [7, 11) is 5.13. The third-order valence-corrected chi connectivity index (χ3v) is 5.94. The van der Waals surface area contributed by atoms with Crippen LogP contribution in [0.4, 0.5) is 5.69 Å². The Morgan fingerprint density at radius 1 is 1.11 bits per heavy atom. The molecule has 0 aliphatic carbocycles. The normalized spacial score (nSPS) is 15.7. The first-order valence-electron chi connectivity index (χ1n) is 8.57. The fourth-order valence-electron chi connectivity index (χ4n) is 3.27. The number of thiocarbonyl (C=S) groups is 1. The van der Waals surface area contributed by atoms with Gasteiger partial charge in [-0.2, -0.15) is 0 Å². The molecule has 1 amide bonds. The Morgan fingerprint density at radius 2 is 1.89 bits per heavy atom. The molecular weight excluding hydrogens is 392 g/mol. The summed E-state index contributed by atoms with van der Waals surface area (Å²) in [6.45, 7) is 0. The summed E-state index contributed by atoms with van der Waals surface area (Å²) in [5.41, 5.74) is 2.70. The number of nitrogens with zero attached hydrogens (tertiary/aromatic N) is 2. The molecule has 7 heteroatoms. The number of thioether (sulfide) groups is 1. The summed E-state index contributed by atoms with van der Waals surface area (Å²) in [6, 6.07) is 13.4. The van der Waals surface area contributed by atoms with E-state index in [1.807, 2.05) is 31.5 Å². The number of ether oxygens (including phenoxy) is 2. The lowest BCUT2D eigenvalue weighted by Gasteiger charge is -2.18. The minimum atomic E-state index is -0.161. The van der Waals surface area contributed by atoms with Crippen LogP contribution in [0.25, 0.3) is 17.0 Å². The van der Waals surface area contributed by atoms with Gasteiger partial charge in [-0.25, -0.2) is 0 Å². The summed E-state index contributed by atoms with van der Waals surface area (Å²) >= 11 is 6.79. The molecule has 1 aliphatic rings. The molecule has 3 aromatic rings. The van der Waals surface area contributed by atoms with Crippen molar-refractivity contribution in [3.63, 3.8) is 0 Å². The number of amides is 1. The van der Waals surface area contributed by atoms with Gasteiger partial charge in [-0.15, -0.1) is 0 Å². The molecule has 0 radical (unpaired) electrons. The molecule has 1 aromatic heterocycles. The first kappa shape index (κ1) is 18.6. The first-order valence-corrected chi connectivity index (χ1v) is 9.80. The molecule has 0 saturated carbocycles. The predicted molar refractivity (Wildman–Crippen MR) is 118 cm³/mol. The van der Waals surface area contributed by atoms with Crippen LogP contribution in [0, 0.1) is 0 Å². The quantitative estimate of drug-likeness (QED) is 0.465. The number of benzene rings is 2. The third kappa shape index (κ3) is 3.06.